The Morgan fingerprint density at radius 2 is 1.03 bits per heavy atom. The summed E-state index contributed by atoms with van der Waals surface area (Å²) in [6.07, 6.45) is 16.1. The lowest BCUT2D eigenvalue weighted by Gasteiger charge is -2.26. The Hall–Kier alpha value is -0.120. The Bertz CT molecular complexity index is 341. The molecule has 0 aromatic heterocycles. The zero-order valence-electron chi connectivity index (χ0n) is 20.0. The van der Waals surface area contributed by atoms with E-state index in [4.69, 9.17) is 9.47 Å². The molecule has 172 valence electrons. The summed E-state index contributed by atoms with van der Waals surface area (Å²) in [6.45, 7) is 14.5. The zero-order valence-corrected chi connectivity index (χ0v) is 20.0. The van der Waals surface area contributed by atoms with E-state index in [0.29, 0.717) is 0 Å². The van der Waals surface area contributed by atoms with Crippen LogP contribution in [0, 0.1) is 23.7 Å². The number of nitrogens with zero attached hydrogens (tertiary/aromatic N) is 1. The van der Waals surface area contributed by atoms with Gasteiger partial charge in [0.05, 0.1) is 0 Å². The van der Waals surface area contributed by atoms with Crippen LogP contribution in [-0.4, -0.2) is 51.0 Å². The number of unbranched alkanes of at least 4 members (excludes halogenated alkanes) is 1. The van der Waals surface area contributed by atoms with Crippen molar-refractivity contribution in [1.82, 2.24) is 4.90 Å². The highest BCUT2D eigenvalue weighted by Gasteiger charge is 2.19. The van der Waals surface area contributed by atoms with Gasteiger partial charge in [-0.25, -0.2) is 0 Å². The van der Waals surface area contributed by atoms with Crippen LogP contribution in [0.2, 0.25) is 0 Å². The van der Waals surface area contributed by atoms with Gasteiger partial charge in [-0.2, -0.15) is 0 Å². The van der Waals surface area contributed by atoms with Gasteiger partial charge in [0.25, 0.3) is 0 Å². The summed E-state index contributed by atoms with van der Waals surface area (Å²) in [7, 11) is 0. The molecule has 0 amide bonds. The van der Waals surface area contributed by atoms with Crippen molar-refractivity contribution in [2.75, 3.05) is 46.1 Å². The van der Waals surface area contributed by atoms with Crippen LogP contribution < -0.4 is 0 Å². The highest BCUT2D eigenvalue weighted by atomic mass is 16.5. The SMILES string of the molecule is CCCCN(CCCOCC1CCC(C)CC1)CCCOCC1CCC(C)CC1. The quantitative estimate of drug-likeness (QED) is 0.286. The number of hydrogen-bond donors (Lipinski definition) is 0. The molecular formula is C26H51NO2. The summed E-state index contributed by atoms with van der Waals surface area (Å²) in [5, 5.41) is 0. The first-order valence-electron chi connectivity index (χ1n) is 13.0. The molecule has 29 heavy (non-hydrogen) atoms. The maximum Gasteiger partial charge on any atom is 0.0494 e. The van der Waals surface area contributed by atoms with E-state index in [2.05, 4.69) is 25.7 Å². The summed E-state index contributed by atoms with van der Waals surface area (Å²) in [5.41, 5.74) is 0. The lowest BCUT2D eigenvalue weighted by Crippen LogP contribution is -2.29. The summed E-state index contributed by atoms with van der Waals surface area (Å²) < 4.78 is 12.1. The topological polar surface area (TPSA) is 21.7 Å². The third kappa shape index (κ3) is 11.7. The lowest BCUT2D eigenvalue weighted by molar-refractivity contribution is 0.0645. The Kier molecular flexibility index (Phi) is 13.6. The Morgan fingerprint density at radius 1 is 0.621 bits per heavy atom. The molecule has 0 spiro atoms. The fourth-order valence-corrected chi connectivity index (χ4v) is 4.99. The minimum atomic E-state index is 0.826. The van der Waals surface area contributed by atoms with Crippen molar-refractivity contribution >= 4 is 0 Å². The molecule has 0 radical (unpaired) electrons. The van der Waals surface area contributed by atoms with Crippen LogP contribution in [0.25, 0.3) is 0 Å². The van der Waals surface area contributed by atoms with Crippen LogP contribution in [0.15, 0.2) is 0 Å². The molecule has 0 aromatic carbocycles. The molecule has 2 saturated carbocycles. The highest BCUT2D eigenvalue weighted by Crippen LogP contribution is 2.29. The highest BCUT2D eigenvalue weighted by molar-refractivity contribution is 4.70. The Balaban J connectivity index is 1.47. The van der Waals surface area contributed by atoms with Gasteiger partial charge >= 0.3 is 0 Å². The fraction of sp³-hybridized carbons (Fsp3) is 1.00. The molecule has 2 aliphatic carbocycles. The van der Waals surface area contributed by atoms with Crippen LogP contribution in [0.5, 0.6) is 0 Å². The van der Waals surface area contributed by atoms with Gasteiger partial charge in [0.1, 0.15) is 0 Å². The lowest BCUT2D eigenvalue weighted by atomic mass is 9.83. The monoisotopic (exact) mass is 409 g/mol. The average molecular weight is 410 g/mol. The fourth-order valence-electron chi connectivity index (χ4n) is 4.99. The van der Waals surface area contributed by atoms with E-state index in [1.165, 1.54) is 96.7 Å². The van der Waals surface area contributed by atoms with Gasteiger partial charge in [0.2, 0.25) is 0 Å². The summed E-state index contributed by atoms with van der Waals surface area (Å²) in [6, 6.07) is 0. The maximum atomic E-state index is 6.03. The first-order valence-corrected chi connectivity index (χ1v) is 13.0. The van der Waals surface area contributed by atoms with Gasteiger partial charge in [0.15, 0.2) is 0 Å². The Labute approximate surface area is 182 Å². The van der Waals surface area contributed by atoms with Gasteiger partial charge in [-0.1, -0.05) is 52.9 Å². The molecule has 2 aliphatic rings. The molecule has 0 aliphatic heterocycles. The van der Waals surface area contributed by atoms with E-state index in [1.54, 1.807) is 0 Å². The summed E-state index contributed by atoms with van der Waals surface area (Å²) in [5.74, 6) is 3.53. The van der Waals surface area contributed by atoms with Crippen LogP contribution in [0.1, 0.15) is 97.8 Å². The summed E-state index contributed by atoms with van der Waals surface area (Å²) >= 11 is 0. The third-order valence-corrected chi connectivity index (χ3v) is 7.33. The smallest absolute Gasteiger partial charge is 0.0494 e. The first-order chi connectivity index (χ1) is 14.2. The normalized spacial score (nSPS) is 28.1. The molecular weight excluding hydrogens is 358 g/mol. The number of ether oxygens (including phenoxy) is 2. The largest absolute Gasteiger partial charge is 0.381 e. The zero-order chi connectivity index (χ0) is 20.7. The minimum absolute atomic E-state index is 0.826. The number of rotatable bonds is 15. The van der Waals surface area contributed by atoms with Crippen molar-refractivity contribution in [3.05, 3.63) is 0 Å². The van der Waals surface area contributed by atoms with Crippen LogP contribution >= 0.6 is 0 Å². The van der Waals surface area contributed by atoms with Crippen molar-refractivity contribution in [2.45, 2.75) is 97.8 Å². The van der Waals surface area contributed by atoms with E-state index in [1.807, 2.05) is 0 Å². The van der Waals surface area contributed by atoms with E-state index >= 15 is 0 Å². The average Bonchev–Trinajstić information content (AvgIpc) is 2.73. The molecule has 0 atom stereocenters. The van der Waals surface area contributed by atoms with Crippen molar-refractivity contribution in [3.8, 4) is 0 Å². The van der Waals surface area contributed by atoms with Crippen molar-refractivity contribution < 1.29 is 9.47 Å². The number of hydrogen-bond acceptors (Lipinski definition) is 3. The minimum Gasteiger partial charge on any atom is -0.381 e. The predicted molar refractivity (Wildman–Crippen MR) is 124 cm³/mol. The molecule has 0 saturated heterocycles. The second-order valence-corrected chi connectivity index (χ2v) is 10.3. The molecule has 3 heteroatoms. The van der Waals surface area contributed by atoms with Crippen molar-refractivity contribution in [3.63, 3.8) is 0 Å². The van der Waals surface area contributed by atoms with E-state index in [-0.39, 0.29) is 0 Å². The van der Waals surface area contributed by atoms with Crippen LogP contribution in [0.3, 0.4) is 0 Å². The van der Waals surface area contributed by atoms with E-state index in [9.17, 15) is 0 Å². The van der Waals surface area contributed by atoms with Gasteiger partial charge in [-0.15, -0.1) is 0 Å². The molecule has 0 N–H and O–H groups in total. The van der Waals surface area contributed by atoms with E-state index in [0.717, 1.165) is 50.1 Å². The van der Waals surface area contributed by atoms with Crippen LogP contribution in [0.4, 0.5) is 0 Å². The molecule has 0 bridgehead atoms. The second kappa shape index (κ2) is 15.6. The summed E-state index contributed by atoms with van der Waals surface area (Å²) in [4.78, 5) is 2.64. The predicted octanol–water partition coefficient (Wildman–Crippen LogP) is 6.55. The van der Waals surface area contributed by atoms with Gasteiger partial charge < -0.3 is 14.4 Å². The molecule has 0 aromatic rings. The van der Waals surface area contributed by atoms with Crippen molar-refractivity contribution in [1.29, 1.82) is 0 Å². The standard InChI is InChI=1S/C26H51NO2/c1-4-5-16-27(17-6-19-28-21-25-12-8-23(2)9-13-25)18-7-20-29-22-26-14-10-24(3)11-15-26/h23-26H,4-22H2,1-3H3. The van der Waals surface area contributed by atoms with Crippen molar-refractivity contribution in [2.24, 2.45) is 23.7 Å². The molecule has 2 rings (SSSR count). The van der Waals surface area contributed by atoms with E-state index < -0.39 is 0 Å². The Morgan fingerprint density at radius 3 is 1.45 bits per heavy atom. The molecule has 0 heterocycles. The molecule has 3 nitrogen and oxygen atoms in total. The van der Waals surface area contributed by atoms with Gasteiger partial charge in [-0.3, -0.25) is 0 Å². The second-order valence-electron chi connectivity index (χ2n) is 10.3. The maximum absolute atomic E-state index is 6.03. The molecule has 0 unspecified atom stereocenters. The van der Waals surface area contributed by atoms with Gasteiger partial charge in [0, 0.05) is 39.5 Å². The molecule has 2 fully saturated rings. The van der Waals surface area contributed by atoms with Crippen LogP contribution in [-0.2, 0) is 9.47 Å². The van der Waals surface area contributed by atoms with Gasteiger partial charge in [-0.05, 0) is 75.2 Å². The first kappa shape index (κ1) is 25.1. The third-order valence-electron chi connectivity index (χ3n) is 7.33.